The summed E-state index contributed by atoms with van der Waals surface area (Å²) >= 11 is 0. The fourth-order valence-corrected chi connectivity index (χ4v) is 3.75. The summed E-state index contributed by atoms with van der Waals surface area (Å²) in [7, 11) is 0. The number of nitrogens with zero attached hydrogens (tertiary/aromatic N) is 1. The van der Waals surface area contributed by atoms with Crippen molar-refractivity contribution in [1.29, 1.82) is 0 Å². The first-order valence-corrected chi connectivity index (χ1v) is 8.86. The molecule has 2 aromatic carbocycles. The van der Waals surface area contributed by atoms with Gasteiger partial charge in [0.05, 0.1) is 0 Å². The van der Waals surface area contributed by atoms with Crippen molar-refractivity contribution in [2.75, 3.05) is 19.6 Å². The maximum atomic E-state index is 13.0. The Morgan fingerprint density at radius 1 is 0.870 bits per heavy atom. The summed E-state index contributed by atoms with van der Waals surface area (Å²) in [5.41, 5.74) is 3.70. The number of rotatable bonds is 4. The maximum Gasteiger partial charge on any atom is 0.123 e. The summed E-state index contributed by atoms with van der Waals surface area (Å²) in [6.07, 6.45) is 5.50. The Labute approximate surface area is 138 Å². The molecule has 1 nitrogen and oxygen atoms in total. The Balaban J connectivity index is 1.45. The van der Waals surface area contributed by atoms with Crippen LogP contribution in [-0.4, -0.2) is 24.5 Å². The quantitative estimate of drug-likeness (QED) is 0.761. The summed E-state index contributed by atoms with van der Waals surface area (Å²) in [6, 6.07) is 15.7. The van der Waals surface area contributed by atoms with Gasteiger partial charge in [0, 0.05) is 13.1 Å². The molecule has 1 saturated carbocycles. The Morgan fingerprint density at radius 3 is 2.17 bits per heavy atom. The first-order chi connectivity index (χ1) is 11.3. The van der Waals surface area contributed by atoms with Crippen LogP contribution in [0.2, 0.25) is 0 Å². The van der Waals surface area contributed by atoms with Crippen molar-refractivity contribution >= 4 is 0 Å². The van der Waals surface area contributed by atoms with E-state index in [4.69, 9.17) is 0 Å². The number of piperidine rings is 1. The van der Waals surface area contributed by atoms with E-state index >= 15 is 0 Å². The molecule has 4 rings (SSSR count). The number of halogens is 1. The van der Waals surface area contributed by atoms with E-state index in [0.29, 0.717) is 5.92 Å². The highest BCUT2D eigenvalue weighted by Gasteiger charge is 2.28. The van der Waals surface area contributed by atoms with Crippen molar-refractivity contribution in [3.05, 3.63) is 59.9 Å². The van der Waals surface area contributed by atoms with Gasteiger partial charge < -0.3 is 4.90 Å². The molecule has 1 aliphatic heterocycles. The van der Waals surface area contributed by atoms with Crippen molar-refractivity contribution in [2.24, 2.45) is 5.92 Å². The van der Waals surface area contributed by atoms with Crippen molar-refractivity contribution in [3.8, 4) is 11.1 Å². The summed E-state index contributed by atoms with van der Waals surface area (Å²) in [5, 5.41) is 0. The van der Waals surface area contributed by atoms with E-state index < -0.39 is 0 Å². The van der Waals surface area contributed by atoms with Crippen LogP contribution < -0.4 is 0 Å². The van der Waals surface area contributed by atoms with E-state index in [2.05, 4.69) is 29.2 Å². The van der Waals surface area contributed by atoms with Gasteiger partial charge in [0.1, 0.15) is 5.82 Å². The molecule has 0 unspecified atom stereocenters. The number of hydrogen-bond donors (Lipinski definition) is 0. The maximum absolute atomic E-state index is 13.0. The predicted molar refractivity (Wildman–Crippen MR) is 93.0 cm³/mol. The zero-order chi connectivity index (χ0) is 15.6. The second kappa shape index (κ2) is 6.45. The average Bonchev–Trinajstić information content (AvgIpc) is 3.40. The molecule has 1 aliphatic carbocycles. The molecule has 23 heavy (non-hydrogen) atoms. The third kappa shape index (κ3) is 3.64. The minimum Gasteiger partial charge on any atom is -0.302 e. The first-order valence-electron chi connectivity index (χ1n) is 8.86. The highest BCUT2D eigenvalue weighted by Crippen LogP contribution is 2.33. The predicted octanol–water partition coefficient (Wildman–Crippen LogP) is 5.08. The second-order valence-corrected chi connectivity index (χ2v) is 7.17. The molecule has 1 atom stereocenters. The third-order valence-corrected chi connectivity index (χ3v) is 5.28. The topological polar surface area (TPSA) is 3.24 Å². The lowest BCUT2D eigenvalue weighted by Gasteiger charge is -2.33. The second-order valence-electron chi connectivity index (χ2n) is 7.17. The van der Waals surface area contributed by atoms with Crippen molar-refractivity contribution in [1.82, 2.24) is 4.90 Å². The molecule has 0 N–H and O–H groups in total. The van der Waals surface area contributed by atoms with Crippen LogP contribution in [0.1, 0.15) is 37.2 Å². The smallest absolute Gasteiger partial charge is 0.123 e. The lowest BCUT2D eigenvalue weighted by Crippen LogP contribution is -2.35. The minimum absolute atomic E-state index is 0.177. The molecule has 1 saturated heterocycles. The zero-order valence-corrected chi connectivity index (χ0v) is 13.5. The van der Waals surface area contributed by atoms with E-state index in [-0.39, 0.29) is 5.82 Å². The molecule has 0 bridgehead atoms. The van der Waals surface area contributed by atoms with Crippen molar-refractivity contribution in [3.63, 3.8) is 0 Å². The number of benzene rings is 2. The van der Waals surface area contributed by atoms with Crippen LogP contribution in [0.5, 0.6) is 0 Å². The monoisotopic (exact) mass is 309 g/mol. The number of hydrogen-bond acceptors (Lipinski definition) is 1. The van der Waals surface area contributed by atoms with Gasteiger partial charge in [-0.15, -0.1) is 0 Å². The summed E-state index contributed by atoms with van der Waals surface area (Å²) in [5.74, 6) is 1.47. The fraction of sp³-hybridized carbons (Fsp3) is 0.429. The SMILES string of the molecule is Fc1ccc(-c2ccc([C@H]3CCCN(CC4CC4)C3)cc2)cc1. The average molecular weight is 309 g/mol. The zero-order valence-electron chi connectivity index (χ0n) is 13.5. The van der Waals surface area contributed by atoms with E-state index in [1.165, 1.54) is 68.6 Å². The van der Waals surface area contributed by atoms with E-state index in [9.17, 15) is 4.39 Å². The molecular formula is C21H24FN. The van der Waals surface area contributed by atoms with Crippen LogP contribution in [0.15, 0.2) is 48.5 Å². The molecule has 120 valence electrons. The van der Waals surface area contributed by atoms with Crippen molar-refractivity contribution in [2.45, 2.75) is 31.6 Å². The van der Waals surface area contributed by atoms with Crippen LogP contribution in [0.25, 0.3) is 11.1 Å². The van der Waals surface area contributed by atoms with Crippen LogP contribution in [0.3, 0.4) is 0 Å². The van der Waals surface area contributed by atoms with Gasteiger partial charge in [0.25, 0.3) is 0 Å². The lowest BCUT2D eigenvalue weighted by molar-refractivity contribution is 0.200. The Kier molecular flexibility index (Phi) is 4.17. The first kappa shape index (κ1) is 14.9. The van der Waals surface area contributed by atoms with Crippen LogP contribution in [0, 0.1) is 11.7 Å². The molecule has 0 aromatic heterocycles. The highest BCUT2D eigenvalue weighted by atomic mass is 19.1. The van der Waals surface area contributed by atoms with Crippen molar-refractivity contribution < 1.29 is 4.39 Å². The van der Waals surface area contributed by atoms with E-state index in [1.807, 2.05) is 12.1 Å². The molecule has 0 amide bonds. The molecular weight excluding hydrogens is 285 g/mol. The molecule has 2 aliphatic rings. The summed E-state index contributed by atoms with van der Waals surface area (Å²) in [6.45, 7) is 3.80. The standard InChI is InChI=1S/C21H24FN/c22-21-11-9-18(10-12-21)17-5-7-19(8-6-17)20-2-1-13-23(15-20)14-16-3-4-16/h5-12,16,20H,1-4,13-15H2/t20-/m0/s1. The lowest BCUT2D eigenvalue weighted by atomic mass is 9.89. The Bertz CT molecular complexity index is 643. The Morgan fingerprint density at radius 2 is 1.52 bits per heavy atom. The summed E-state index contributed by atoms with van der Waals surface area (Å²) < 4.78 is 13.0. The van der Waals surface area contributed by atoms with Gasteiger partial charge in [0.2, 0.25) is 0 Å². The van der Waals surface area contributed by atoms with Crippen LogP contribution in [-0.2, 0) is 0 Å². The normalized spacial score (nSPS) is 22.2. The molecule has 1 heterocycles. The van der Waals surface area contributed by atoms with Gasteiger partial charge in [-0.05, 0) is 72.9 Å². The van der Waals surface area contributed by atoms with Gasteiger partial charge in [-0.25, -0.2) is 4.39 Å². The molecule has 2 aromatic rings. The molecule has 0 radical (unpaired) electrons. The largest absolute Gasteiger partial charge is 0.302 e. The van der Waals surface area contributed by atoms with E-state index in [1.54, 1.807) is 0 Å². The van der Waals surface area contributed by atoms with E-state index in [0.717, 1.165) is 11.5 Å². The van der Waals surface area contributed by atoms with Crippen LogP contribution in [0.4, 0.5) is 4.39 Å². The summed E-state index contributed by atoms with van der Waals surface area (Å²) in [4.78, 5) is 2.67. The number of likely N-dealkylation sites (tertiary alicyclic amines) is 1. The minimum atomic E-state index is -0.177. The molecule has 2 heteroatoms. The highest BCUT2D eigenvalue weighted by molar-refractivity contribution is 5.63. The van der Waals surface area contributed by atoms with Gasteiger partial charge in [-0.3, -0.25) is 0 Å². The Hall–Kier alpha value is -1.67. The van der Waals surface area contributed by atoms with Gasteiger partial charge in [0.15, 0.2) is 0 Å². The van der Waals surface area contributed by atoms with Gasteiger partial charge >= 0.3 is 0 Å². The fourth-order valence-electron chi connectivity index (χ4n) is 3.75. The molecule has 0 spiro atoms. The van der Waals surface area contributed by atoms with Gasteiger partial charge in [-0.1, -0.05) is 36.4 Å². The van der Waals surface area contributed by atoms with Gasteiger partial charge in [-0.2, -0.15) is 0 Å². The van der Waals surface area contributed by atoms with Crippen LogP contribution >= 0.6 is 0 Å². The molecule has 2 fully saturated rings. The third-order valence-electron chi connectivity index (χ3n) is 5.28.